The van der Waals surface area contributed by atoms with Crippen molar-refractivity contribution in [3.8, 4) is 0 Å². The Morgan fingerprint density at radius 3 is 1.49 bits per heavy atom. The van der Waals surface area contributed by atoms with Crippen LogP contribution in [0.1, 0.15) is 102 Å². The molecule has 8 heteroatoms. The van der Waals surface area contributed by atoms with Gasteiger partial charge in [0.05, 0.1) is 12.0 Å². The van der Waals surface area contributed by atoms with Gasteiger partial charge in [0, 0.05) is 18.5 Å². The second kappa shape index (κ2) is 10.9. The van der Waals surface area contributed by atoms with E-state index in [4.69, 9.17) is 14.2 Å². The second-order valence-electron chi connectivity index (χ2n) is 12.9. The maximum Gasteiger partial charge on any atom is 0.324 e. The lowest BCUT2D eigenvalue weighted by Gasteiger charge is -2.42. The zero-order valence-electron chi connectivity index (χ0n) is 23.8. The fraction of sp³-hybridized carbons (Fsp3) is 0.852. The van der Waals surface area contributed by atoms with Gasteiger partial charge in [-0.2, -0.15) is 0 Å². The molecule has 202 valence electrons. The number of carbonyl (C=O) groups is 4. The molecule has 0 radical (unpaired) electrons. The lowest BCUT2D eigenvalue weighted by molar-refractivity contribution is -0.190. The molecule has 8 nitrogen and oxygen atoms in total. The largest absolute Gasteiger partial charge is 0.466 e. The highest BCUT2D eigenvalue weighted by atomic mass is 16.6. The molecule has 0 unspecified atom stereocenters. The molecule has 0 saturated carbocycles. The summed E-state index contributed by atoms with van der Waals surface area (Å²) in [6.07, 6.45) is 1.26. The number of hydrogen-bond acceptors (Lipinski definition) is 7. The number of rotatable bonds is 8. The molecule has 0 aromatic heterocycles. The number of likely N-dealkylation sites (tertiary alicyclic amines) is 1. The minimum absolute atomic E-state index is 0.0702. The van der Waals surface area contributed by atoms with Gasteiger partial charge in [0.25, 0.3) is 0 Å². The first-order valence-electron chi connectivity index (χ1n) is 12.6. The summed E-state index contributed by atoms with van der Waals surface area (Å²) in [6, 6.07) is 0. The fourth-order valence-electron chi connectivity index (χ4n) is 3.92. The van der Waals surface area contributed by atoms with Crippen LogP contribution < -0.4 is 0 Å². The molecule has 0 spiro atoms. The number of ether oxygens (including phenoxy) is 3. The van der Waals surface area contributed by atoms with Gasteiger partial charge in [-0.15, -0.1) is 0 Å². The number of esters is 3. The van der Waals surface area contributed by atoms with Crippen molar-refractivity contribution < 1.29 is 33.4 Å². The zero-order valence-corrected chi connectivity index (χ0v) is 23.8. The van der Waals surface area contributed by atoms with Crippen molar-refractivity contribution in [1.82, 2.24) is 4.90 Å². The zero-order chi connectivity index (χ0) is 27.5. The fourth-order valence-corrected chi connectivity index (χ4v) is 3.92. The van der Waals surface area contributed by atoms with Gasteiger partial charge < -0.3 is 19.1 Å². The third kappa shape index (κ3) is 8.50. The van der Waals surface area contributed by atoms with Crippen molar-refractivity contribution in [2.75, 3.05) is 19.7 Å². The summed E-state index contributed by atoms with van der Waals surface area (Å²) in [5.41, 5.74) is -4.38. The maximum absolute atomic E-state index is 13.4. The topological polar surface area (TPSA) is 99.2 Å². The summed E-state index contributed by atoms with van der Waals surface area (Å²) >= 11 is 0. The second-order valence-corrected chi connectivity index (χ2v) is 12.9. The van der Waals surface area contributed by atoms with Gasteiger partial charge in [-0.25, -0.2) is 0 Å². The Hall–Kier alpha value is -2.12. The molecule has 0 aromatic carbocycles. The van der Waals surface area contributed by atoms with Crippen LogP contribution in [0, 0.1) is 16.2 Å². The molecular formula is C27H47NO7. The van der Waals surface area contributed by atoms with Crippen LogP contribution in [0.4, 0.5) is 0 Å². The van der Waals surface area contributed by atoms with E-state index in [1.54, 1.807) is 53.4 Å². The quantitative estimate of drug-likeness (QED) is 0.273. The van der Waals surface area contributed by atoms with Crippen molar-refractivity contribution in [2.45, 2.75) is 113 Å². The molecule has 0 N–H and O–H groups in total. The van der Waals surface area contributed by atoms with Crippen molar-refractivity contribution in [2.24, 2.45) is 16.2 Å². The average molecular weight is 498 g/mol. The highest BCUT2D eigenvalue weighted by Crippen LogP contribution is 2.39. The van der Waals surface area contributed by atoms with Crippen molar-refractivity contribution in [1.29, 1.82) is 0 Å². The van der Waals surface area contributed by atoms with E-state index in [1.165, 1.54) is 0 Å². The molecule has 1 saturated heterocycles. The molecule has 1 heterocycles. The lowest BCUT2D eigenvalue weighted by atomic mass is 9.75. The van der Waals surface area contributed by atoms with E-state index in [1.807, 2.05) is 27.7 Å². The van der Waals surface area contributed by atoms with E-state index < -0.39 is 39.4 Å². The van der Waals surface area contributed by atoms with Crippen molar-refractivity contribution in [3.05, 3.63) is 0 Å². The van der Waals surface area contributed by atoms with E-state index >= 15 is 0 Å². The number of nitrogens with zero attached hydrogens (tertiary/aromatic N) is 1. The molecule has 0 atom stereocenters. The van der Waals surface area contributed by atoms with Gasteiger partial charge >= 0.3 is 17.9 Å². The molecule has 0 aromatic rings. The third-order valence-corrected chi connectivity index (χ3v) is 6.27. The highest BCUT2D eigenvalue weighted by molar-refractivity contribution is 6.00. The summed E-state index contributed by atoms with van der Waals surface area (Å²) in [5, 5.41) is 0. The summed E-state index contributed by atoms with van der Waals surface area (Å²) in [6.45, 7) is 20.5. The maximum atomic E-state index is 13.4. The Labute approximate surface area is 211 Å². The molecule has 1 amide bonds. The molecule has 0 bridgehead atoms. The van der Waals surface area contributed by atoms with Crippen LogP contribution in [-0.2, 0) is 33.4 Å². The summed E-state index contributed by atoms with van der Waals surface area (Å²) < 4.78 is 16.4. The van der Waals surface area contributed by atoms with Crippen molar-refractivity contribution in [3.63, 3.8) is 0 Å². The molecule has 1 aliphatic heterocycles. The minimum Gasteiger partial charge on any atom is -0.466 e. The molecule has 1 fully saturated rings. The van der Waals surface area contributed by atoms with E-state index in [-0.39, 0.29) is 37.8 Å². The predicted molar refractivity (Wildman–Crippen MR) is 133 cm³/mol. The number of amides is 1. The normalized spacial score (nSPS) is 16.9. The van der Waals surface area contributed by atoms with Gasteiger partial charge in [-0.05, 0) is 88.0 Å². The Morgan fingerprint density at radius 1 is 0.714 bits per heavy atom. The molecule has 1 rings (SSSR count). The number of piperidine rings is 1. The Kier molecular flexibility index (Phi) is 9.60. The van der Waals surface area contributed by atoms with Crippen LogP contribution in [0.3, 0.4) is 0 Å². The SMILES string of the molecule is CCOC(=O)C(C)(C)CCC(C)(C)C(=O)N1CCC(C(=O)OC(C)(C)C)(C(=O)OC(C)(C)C)CC1. The van der Waals surface area contributed by atoms with Gasteiger partial charge in [0.15, 0.2) is 5.41 Å². The molecule has 1 aliphatic rings. The third-order valence-electron chi connectivity index (χ3n) is 6.27. The van der Waals surface area contributed by atoms with Crippen LogP contribution in [0.25, 0.3) is 0 Å². The van der Waals surface area contributed by atoms with Crippen LogP contribution in [-0.4, -0.2) is 59.6 Å². The monoisotopic (exact) mass is 497 g/mol. The average Bonchev–Trinajstić information content (AvgIpc) is 2.69. The van der Waals surface area contributed by atoms with Crippen LogP contribution in [0.5, 0.6) is 0 Å². The first-order valence-corrected chi connectivity index (χ1v) is 12.6. The minimum atomic E-state index is -1.45. The first kappa shape index (κ1) is 30.9. The van der Waals surface area contributed by atoms with Gasteiger partial charge in [-0.1, -0.05) is 13.8 Å². The smallest absolute Gasteiger partial charge is 0.324 e. The van der Waals surface area contributed by atoms with Gasteiger partial charge in [0.2, 0.25) is 5.91 Å². The number of hydrogen-bond donors (Lipinski definition) is 0. The van der Waals surface area contributed by atoms with Crippen LogP contribution >= 0.6 is 0 Å². The van der Waals surface area contributed by atoms with E-state index in [0.717, 1.165) is 0 Å². The number of carbonyl (C=O) groups excluding carboxylic acids is 4. The van der Waals surface area contributed by atoms with E-state index in [0.29, 0.717) is 19.4 Å². The first-order chi connectivity index (χ1) is 15.7. The van der Waals surface area contributed by atoms with Gasteiger partial charge in [0.1, 0.15) is 11.2 Å². The predicted octanol–water partition coefficient (Wildman–Crippen LogP) is 4.67. The lowest BCUT2D eigenvalue weighted by Crippen LogP contribution is -2.55. The van der Waals surface area contributed by atoms with Crippen molar-refractivity contribution >= 4 is 23.8 Å². The Morgan fingerprint density at radius 2 is 1.11 bits per heavy atom. The molecule has 0 aliphatic carbocycles. The van der Waals surface area contributed by atoms with Crippen LogP contribution in [0.15, 0.2) is 0 Å². The summed E-state index contributed by atoms with van der Waals surface area (Å²) in [4.78, 5) is 53.8. The van der Waals surface area contributed by atoms with Gasteiger partial charge in [-0.3, -0.25) is 19.2 Å². The highest BCUT2D eigenvalue weighted by Gasteiger charge is 2.53. The van der Waals surface area contributed by atoms with Crippen LogP contribution in [0.2, 0.25) is 0 Å². The summed E-state index contributed by atoms with van der Waals surface area (Å²) in [5.74, 6) is -1.57. The Bertz CT molecular complexity index is 761. The molecular weight excluding hydrogens is 450 g/mol. The standard InChI is InChI=1S/C27H47NO7/c1-12-33-20(30)26(10,11)14-13-25(8,9)19(29)28-17-15-27(16-18-28,21(31)34-23(2,3)4)22(32)35-24(5,6)7/h12-18H2,1-11H3. The Balaban J connectivity index is 3.00. The van der Waals surface area contributed by atoms with E-state index in [9.17, 15) is 19.2 Å². The van der Waals surface area contributed by atoms with E-state index in [2.05, 4.69) is 0 Å². The molecule has 35 heavy (non-hydrogen) atoms. The summed E-state index contributed by atoms with van der Waals surface area (Å²) in [7, 11) is 0.